The molecule has 0 fully saturated rings. The van der Waals surface area contributed by atoms with Crippen LogP contribution in [0.2, 0.25) is 0 Å². The number of nitrogens with zero attached hydrogens (tertiary/aromatic N) is 2. The highest BCUT2D eigenvalue weighted by molar-refractivity contribution is 7.15. The SMILES string of the molecule is CCc1nnc(NC(=O)c2cc(C)ccc2C#CCO)s1. The molecule has 0 radical (unpaired) electrons. The number of benzene rings is 1. The van der Waals surface area contributed by atoms with Gasteiger partial charge in [-0.25, -0.2) is 0 Å². The number of aromatic nitrogens is 2. The maximum atomic E-state index is 12.3. The number of amides is 1. The topological polar surface area (TPSA) is 75.1 Å². The van der Waals surface area contributed by atoms with E-state index in [1.807, 2.05) is 19.9 Å². The van der Waals surface area contributed by atoms with Crippen LogP contribution in [0, 0.1) is 18.8 Å². The van der Waals surface area contributed by atoms with E-state index >= 15 is 0 Å². The molecule has 5 nitrogen and oxygen atoms in total. The third kappa shape index (κ3) is 3.88. The van der Waals surface area contributed by atoms with Crippen LogP contribution in [0.3, 0.4) is 0 Å². The van der Waals surface area contributed by atoms with Crippen LogP contribution >= 0.6 is 11.3 Å². The van der Waals surface area contributed by atoms with Crippen molar-refractivity contribution in [3.05, 3.63) is 39.9 Å². The lowest BCUT2D eigenvalue weighted by Crippen LogP contribution is -2.13. The molecular weight excluding hydrogens is 286 g/mol. The van der Waals surface area contributed by atoms with Crippen molar-refractivity contribution in [2.24, 2.45) is 0 Å². The highest BCUT2D eigenvalue weighted by Gasteiger charge is 2.13. The van der Waals surface area contributed by atoms with Crippen LogP contribution in [0.5, 0.6) is 0 Å². The first-order valence-electron chi connectivity index (χ1n) is 6.48. The van der Waals surface area contributed by atoms with E-state index in [0.717, 1.165) is 17.0 Å². The Labute approximate surface area is 127 Å². The van der Waals surface area contributed by atoms with E-state index in [1.54, 1.807) is 12.1 Å². The van der Waals surface area contributed by atoms with E-state index in [1.165, 1.54) is 11.3 Å². The van der Waals surface area contributed by atoms with Crippen molar-refractivity contribution in [3.8, 4) is 11.8 Å². The summed E-state index contributed by atoms with van der Waals surface area (Å²) in [5.41, 5.74) is 2.00. The average molecular weight is 301 g/mol. The zero-order chi connectivity index (χ0) is 15.2. The highest BCUT2D eigenvalue weighted by Crippen LogP contribution is 2.18. The van der Waals surface area contributed by atoms with Crippen LogP contribution < -0.4 is 5.32 Å². The van der Waals surface area contributed by atoms with Crippen molar-refractivity contribution in [2.45, 2.75) is 20.3 Å². The van der Waals surface area contributed by atoms with Gasteiger partial charge in [-0.1, -0.05) is 41.7 Å². The zero-order valence-corrected chi connectivity index (χ0v) is 12.6. The molecule has 2 rings (SSSR count). The Hall–Kier alpha value is -2.23. The number of anilines is 1. The fourth-order valence-electron chi connectivity index (χ4n) is 1.70. The van der Waals surface area contributed by atoms with Gasteiger partial charge in [-0.3, -0.25) is 10.1 Å². The molecule has 1 amide bonds. The summed E-state index contributed by atoms with van der Waals surface area (Å²) in [4.78, 5) is 12.3. The summed E-state index contributed by atoms with van der Waals surface area (Å²) in [5.74, 6) is 5.06. The maximum absolute atomic E-state index is 12.3. The van der Waals surface area contributed by atoms with E-state index in [0.29, 0.717) is 16.3 Å². The van der Waals surface area contributed by atoms with E-state index in [4.69, 9.17) is 5.11 Å². The Morgan fingerprint density at radius 3 is 2.90 bits per heavy atom. The number of hydrogen-bond donors (Lipinski definition) is 2. The molecule has 1 aromatic heterocycles. The monoisotopic (exact) mass is 301 g/mol. The van der Waals surface area contributed by atoms with Gasteiger partial charge in [0.05, 0.1) is 5.56 Å². The molecule has 0 unspecified atom stereocenters. The molecule has 0 saturated heterocycles. The second kappa shape index (κ2) is 6.97. The Kier molecular flexibility index (Phi) is 5.04. The minimum absolute atomic E-state index is 0.245. The maximum Gasteiger partial charge on any atom is 0.258 e. The van der Waals surface area contributed by atoms with Gasteiger partial charge in [0.15, 0.2) is 0 Å². The molecular formula is C15H15N3O2S. The Morgan fingerprint density at radius 1 is 1.43 bits per heavy atom. The predicted octanol–water partition coefficient (Wildman–Crippen LogP) is 2.01. The molecule has 0 aliphatic rings. The minimum atomic E-state index is -0.278. The van der Waals surface area contributed by atoms with E-state index in [-0.39, 0.29) is 12.5 Å². The minimum Gasteiger partial charge on any atom is -0.384 e. The third-order valence-corrected chi connectivity index (χ3v) is 3.69. The quantitative estimate of drug-likeness (QED) is 0.850. The summed E-state index contributed by atoms with van der Waals surface area (Å²) >= 11 is 1.35. The van der Waals surface area contributed by atoms with E-state index in [9.17, 15) is 4.79 Å². The number of hydrogen-bond acceptors (Lipinski definition) is 5. The van der Waals surface area contributed by atoms with Crippen LogP contribution in [-0.4, -0.2) is 27.8 Å². The lowest BCUT2D eigenvalue weighted by atomic mass is 10.0. The van der Waals surface area contributed by atoms with Crippen molar-refractivity contribution < 1.29 is 9.90 Å². The molecule has 0 bridgehead atoms. The lowest BCUT2D eigenvalue weighted by Gasteiger charge is -2.05. The Morgan fingerprint density at radius 2 is 2.24 bits per heavy atom. The molecule has 0 aliphatic heterocycles. The summed E-state index contributed by atoms with van der Waals surface area (Å²) in [6.07, 6.45) is 0.783. The third-order valence-electron chi connectivity index (χ3n) is 2.71. The molecule has 1 aromatic carbocycles. The Balaban J connectivity index is 2.27. The molecule has 108 valence electrons. The van der Waals surface area contributed by atoms with Crippen molar-refractivity contribution in [2.75, 3.05) is 11.9 Å². The first-order chi connectivity index (χ1) is 10.1. The van der Waals surface area contributed by atoms with E-state index in [2.05, 4.69) is 27.4 Å². The fraction of sp³-hybridized carbons (Fsp3) is 0.267. The van der Waals surface area contributed by atoms with Crippen LogP contribution in [0.15, 0.2) is 18.2 Å². The van der Waals surface area contributed by atoms with Gasteiger partial charge in [-0.2, -0.15) is 0 Å². The average Bonchev–Trinajstić information content (AvgIpc) is 2.93. The summed E-state index contributed by atoms with van der Waals surface area (Å²) in [6, 6.07) is 5.40. The van der Waals surface area contributed by atoms with Crippen molar-refractivity contribution in [3.63, 3.8) is 0 Å². The molecule has 2 aromatic rings. The van der Waals surface area contributed by atoms with Crippen molar-refractivity contribution >= 4 is 22.4 Å². The van der Waals surface area contributed by atoms with Crippen LogP contribution in [0.1, 0.15) is 33.4 Å². The number of carbonyl (C=O) groups excluding carboxylic acids is 1. The number of nitrogens with one attached hydrogen (secondary N) is 1. The van der Waals surface area contributed by atoms with Gasteiger partial charge in [-0.15, -0.1) is 10.2 Å². The standard InChI is InChI=1S/C15H15N3O2S/c1-3-13-17-18-15(21-13)16-14(20)12-9-10(2)6-7-11(12)5-4-8-19/h6-7,9,19H,3,8H2,1-2H3,(H,16,18,20). The molecule has 0 spiro atoms. The van der Waals surface area contributed by atoms with Crippen molar-refractivity contribution in [1.29, 1.82) is 0 Å². The van der Waals surface area contributed by atoms with Crippen LogP contribution in [0.4, 0.5) is 5.13 Å². The summed E-state index contributed by atoms with van der Waals surface area (Å²) < 4.78 is 0. The number of aliphatic hydroxyl groups is 1. The smallest absolute Gasteiger partial charge is 0.258 e. The van der Waals surface area contributed by atoms with Gasteiger partial charge in [0.2, 0.25) is 5.13 Å². The molecule has 21 heavy (non-hydrogen) atoms. The largest absolute Gasteiger partial charge is 0.384 e. The summed E-state index contributed by atoms with van der Waals surface area (Å²) in [7, 11) is 0. The number of carbonyl (C=O) groups is 1. The number of rotatable bonds is 3. The molecule has 2 N–H and O–H groups in total. The lowest BCUT2D eigenvalue weighted by molar-refractivity contribution is 0.102. The van der Waals surface area contributed by atoms with Gasteiger partial charge in [0.25, 0.3) is 5.91 Å². The van der Waals surface area contributed by atoms with Gasteiger partial charge < -0.3 is 5.11 Å². The first kappa shape index (κ1) is 15.2. The Bertz CT molecular complexity index is 713. The second-order valence-electron chi connectivity index (χ2n) is 4.32. The van der Waals surface area contributed by atoms with Crippen molar-refractivity contribution in [1.82, 2.24) is 10.2 Å². The fourth-order valence-corrected chi connectivity index (χ4v) is 2.38. The van der Waals surface area contributed by atoms with Gasteiger partial charge in [0.1, 0.15) is 11.6 Å². The van der Waals surface area contributed by atoms with Gasteiger partial charge in [0, 0.05) is 5.56 Å². The first-order valence-corrected chi connectivity index (χ1v) is 7.29. The molecule has 6 heteroatoms. The molecule has 1 heterocycles. The predicted molar refractivity (Wildman–Crippen MR) is 82.4 cm³/mol. The van der Waals surface area contributed by atoms with Crippen LogP contribution in [0.25, 0.3) is 0 Å². The normalized spacial score (nSPS) is 9.86. The number of aryl methyl sites for hydroxylation is 2. The second-order valence-corrected chi connectivity index (χ2v) is 5.38. The number of aliphatic hydroxyl groups excluding tert-OH is 1. The molecule has 0 saturated carbocycles. The van der Waals surface area contributed by atoms with Gasteiger partial charge >= 0.3 is 0 Å². The van der Waals surface area contributed by atoms with E-state index < -0.39 is 0 Å². The summed E-state index contributed by atoms with van der Waals surface area (Å²) in [5, 5.41) is 20.8. The summed E-state index contributed by atoms with van der Waals surface area (Å²) in [6.45, 7) is 3.64. The molecule has 0 atom stereocenters. The van der Waals surface area contributed by atoms with Crippen LogP contribution in [-0.2, 0) is 6.42 Å². The zero-order valence-electron chi connectivity index (χ0n) is 11.8. The molecule has 0 aliphatic carbocycles. The van der Waals surface area contributed by atoms with Gasteiger partial charge in [-0.05, 0) is 25.5 Å². The highest BCUT2D eigenvalue weighted by atomic mass is 32.1.